The first-order chi connectivity index (χ1) is 5.33. The average Bonchev–Trinajstić information content (AvgIpc) is 2.52. The molecule has 0 aromatic carbocycles. The Labute approximate surface area is 65.8 Å². The Balaban J connectivity index is 2.23. The lowest BCUT2D eigenvalue weighted by molar-refractivity contribution is 0.224. The van der Waals surface area contributed by atoms with Gasteiger partial charge < -0.3 is 5.11 Å². The molecule has 1 rings (SSSR count). The Kier molecular flexibility index (Phi) is 3.04. The lowest BCUT2D eigenvalue weighted by atomic mass is 10.1. The molecule has 11 heavy (non-hydrogen) atoms. The summed E-state index contributed by atoms with van der Waals surface area (Å²) in [6.45, 7) is 3.09. The molecule has 1 aromatic heterocycles. The van der Waals surface area contributed by atoms with Crippen molar-refractivity contribution < 1.29 is 5.11 Å². The highest BCUT2D eigenvalue weighted by Crippen LogP contribution is 2.00. The number of aromatic nitrogens is 3. The van der Waals surface area contributed by atoms with Crippen LogP contribution in [0.25, 0.3) is 0 Å². The number of hydrogen-bond donors (Lipinski definition) is 1. The molecule has 0 spiro atoms. The molecule has 0 amide bonds. The summed E-state index contributed by atoms with van der Waals surface area (Å²) in [4.78, 5) is 0. The van der Waals surface area contributed by atoms with Crippen molar-refractivity contribution in [3.05, 3.63) is 12.4 Å². The average molecular weight is 155 g/mol. The third kappa shape index (κ3) is 2.67. The maximum absolute atomic E-state index is 8.72. The van der Waals surface area contributed by atoms with E-state index in [-0.39, 0.29) is 6.61 Å². The van der Waals surface area contributed by atoms with E-state index in [1.54, 1.807) is 10.9 Å². The molecule has 0 radical (unpaired) electrons. The summed E-state index contributed by atoms with van der Waals surface area (Å²) in [6.07, 6.45) is 4.42. The van der Waals surface area contributed by atoms with Gasteiger partial charge in [-0.1, -0.05) is 12.1 Å². The second kappa shape index (κ2) is 4.08. The highest BCUT2D eigenvalue weighted by Gasteiger charge is 1.99. The van der Waals surface area contributed by atoms with Crippen LogP contribution in [-0.4, -0.2) is 26.7 Å². The van der Waals surface area contributed by atoms with Gasteiger partial charge in [-0.3, -0.25) is 4.68 Å². The fourth-order valence-electron chi connectivity index (χ4n) is 0.796. The molecule has 0 aliphatic carbocycles. The van der Waals surface area contributed by atoms with Gasteiger partial charge in [-0.15, -0.1) is 5.10 Å². The van der Waals surface area contributed by atoms with Gasteiger partial charge >= 0.3 is 0 Å². The topological polar surface area (TPSA) is 50.9 Å². The lowest BCUT2D eigenvalue weighted by Gasteiger charge is -2.05. The van der Waals surface area contributed by atoms with Crippen molar-refractivity contribution in [2.24, 2.45) is 5.92 Å². The van der Waals surface area contributed by atoms with Crippen molar-refractivity contribution in [2.45, 2.75) is 19.9 Å². The standard InChI is InChI=1S/C7H13N3O/c1-7(6-11)2-4-10-5-3-8-9-10/h3,5,7,11H,2,4,6H2,1H3/t7-/m0/s1. The molecule has 4 heteroatoms. The van der Waals surface area contributed by atoms with E-state index < -0.39 is 0 Å². The molecule has 0 bridgehead atoms. The molecule has 0 fully saturated rings. The van der Waals surface area contributed by atoms with Gasteiger partial charge in [-0.2, -0.15) is 0 Å². The largest absolute Gasteiger partial charge is 0.396 e. The first kappa shape index (κ1) is 8.20. The van der Waals surface area contributed by atoms with Crippen LogP contribution >= 0.6 is 0 Å². The number of aliphatic hydroxyl groups excluding tert-OH is 1. The molecule has 4 nitrogen and oxygen atoms in total. The minimum Gasteiger partial charge on any atom is -0.396 e. The third-order valence-corrected chi connectivity index (χ3v) is 1.63. The van der Waals surface area contributed by atoms with Crippen molar-refractivity contribution in [2.75, 3.05) is 6.61 Å². The molecule has 1 heterocycles. The zero-order valence-corrected chi connectivity index (χ0v) is 6.64. The quantitative estimate of drug-likeness (QED) is 0.680. The predicted molar refractivity (Wildman–Crippen MR) is 40.9 cm³/mol. The first-order valence-corrected chi connectivity index (χ1v) is 3.78. The predicted octanol–water partition coefficient (Wildman–Crippen LogP) is 0.297. The maximum Gasteiger partial charge on any atom is 0.0692 e. The summed E-state index contributed by atoms with van der Waals surface area (Å²) in [5, 5.41) is 16.2. The zero-order chi connectivity index (χ0) is 8.10. The third-order valence-electron chi connectivity index (χ3n) is 1.63. The summed E-state index contributed by atoms with van der Waals surface area (Å²) >= 11 is 0. The molecule has 0 aliphatic heterocycles. The van der Waals surface area contributed by atoms with E-state index in [0.717, 1.165) is 13.0 Å². The fraction of sp³-hybridized carbons (Fsp3) is 0.714. The zero-order valence-electron chi connectivity index (χ0n) is 6.64. The normalized spacial score (nSPS) is 13.3. The molecule has 0 saturated carbocycles. The van der Waals surface area contributed by atoms with Gasteiger partial charge in [-0.25, -0.2) is 0 Å². The van der Waals surface area contributed by atoms with E-state index >= 15 is 0 Å². The van der Waals surface area contributed by atoms with Gasteiger partial charge in [0.25, 0.3) is 0 Å². The van der Waals surface area contributed by atoms with Gasteiger partial charge in [0.1, 0.15) is 0 Å². The monoisotopic (exact) mass is 155 g/mol. The lowest BCUT2D eigenvalue weighted by Crippen LogP contribution is -2.07. The molecular formula is C7H13N3O. The van der Waals surface area contributed by atoms with Gasteiger partial charge in [-0.05, 0) is 12.3 Å². The summed E-state index contributed by atoms with van der Waals surface area (Å²) in [5.41, 5.74) is 0. The molecule has 62 valence electrons. The molecule has 0 saturated heterocycles. The van der Waals surface area contributed by atoms with E-state index in [1.165, 1.54) is 0 Å². The second-order valence-electron chi connectivity index (χ2n) is 2.74. The fourth-order valence-corrected chi connectivity index (χ4v) is 0.796. The van der Waals surface area contributed by atoms with Crippen LogP contribution < -0.4 is 0 Å². The Hall–Kier alpha value is -0.900. The number of aryl methyl sites for hydroxylation is 1. The Morgan fingerprint density at radius 3 is 3.00 bits per heavy atom. The SMILES string of the molecule is C[C@H](CO)CCn1ccnn1. The highest BCUT2D eigenvalue weighted by atomic mass is 16.3. The number of nitrogens with zero attached hydrogens (tertiary/aromatic N) is 3. The first-order valence-electron chi connectivity index (χ1n) is 3.78. The van der Waals surface area contributed by atoms with Crippen LogP contribution in [-0.2, 0) is 6.54 Å². The van der Waals surface area contributed by atoms with Gasteiger partial charge in [0.05, 0.1) is 6.20 Å². The van der Waals surface area contributed by atoms with E-state index in [2.05, 4.69) is 10.3 Å². The maximum atomic E-state index is 8.72. The summed E-state index contributed by atoms with van der Waals surface area (Å²) in [5.74, 6) is 0.346. The molecule has 1 N–H and O–H groups in total. The van der Waals surface area contributed by atoms with Crippen LogP contribution in [0.5, 0.6) is 0 Å². The van der Waals surface area contributed by atoms with Crippen molar-refractivity contribution in [1.29, 1.82) is 0 Å². The highest BCUT2D eigenvalue weighted by molar-refractivity contribution is 4.64. The number of rotatable bonds is 4. The molecule has 1 atom stereocenters. The van der Waals surface area contributed by atoms with Crippen molar-refractivity contribution in [3.8, 4) is 0 Å². The summed E-state index contributed by atoms with van der Waals surface area (Å²) < 4.78 is 1.77. The van der Waals surface area contributed by atoms with Crippen molar-refractivity contribution in [3.63, 3.8) is 0 Å². The second-order valence-corrected chi connectivity index (χ2v) is 2.74. The summed E-state index contributed by atoms with van der Waals surface area (Å²) in [7, 11) is 0. The molecule has 1 aromatic rings. The van der Waals surface area contributed by atoms with Gasteiger partial charge in [0.15, 0.2) is 0 Å². The van der Waals surface area contributed by atoms with E-state index in [0.29, 0.717) is 5.92 Å². The van der Waals surface area contributed by atoms with Crippen molar-refractivity contribution in [1.82, 2.24) is 15.0 Å². The minimum absolute atomic E-state index is 0.245. The molecule has 0 unspecified atom stereocenters. The number of aliphatic hydroxyl groups is 1. The Morgan fingerprint density at radius 2 is 2.45 bits per heavy atom. The van der Waals surface area contributed by atoms with Crippen LogP contribution in [0.3, 0.4) is 0 Å². The molecule has 0 aliphatic rings. The number of hydrogen-bond acceptors (Lipinski definition) is 3. The van der Waals surface area contributed by atoms with Crippen LogP contribution in [0.15, 0.2) is 12.4 Å². The Bertz CT molecular complexity index is 186. The van der Waals surface area contributed by atoms with Gasteiger partial charge in [0.2, 0.25) is 0 Å². The minimum atomic E-state index is 0.245. The van der Waals surface area contributed by atoms with E-state index in [9.17, 15) is 0 Å². The van der Waals surface area contributed by atoms with E-state index in [1.807, 2.05) is 13.1 Å². The Morgan fingerprint density at radius 1 is 1.64 bits per heavy atom. The smallest absolute Gasteiger partial charge is 0.0692 e. The van der Waals surface area contributed by atoms with Crippen LogP contribution in [0.1, 0.15) is 13.3 Å². The van der Waals surface area contributed by atoms with Crippen LogP contribution in [0.2, 0.25) is 0 Å². The molecular weight excluding hydrogens is 142 g/mol. The van der Waals surface area contributed by atoms with Crippen molar-refractivity contribution >= 4 is 0 Å². The summed E-state index contributed by atoms with van der Waals surface area (Å²) in [6, 6.07) is 0. The van der Waals surface area contributed by atoms with E-state index in [4.69, 9.17) is 5.11 Å². The van der Waals surface area contributed by atoms with Gasteiger partial charge in [0, 0.05) is 19.3 Å². The van der Waals surface area contributed by atoms with Crippen LogP contribution in [0, 0.1) is 5.92 Å². The van der Waals surface area contributed by atoms with Crippen LogP contribution in [0.4, 0.5) is 0 Å².